The topological polar surface area (TPSA) is 108 Å². The molecular weight excluding hydrogens is 321 g/mol. The standard InChI is InChI=1S/C13H11N3O4.Co/c1-8-2-4-10(13(18)6-8)14-15-11-7-9(16(19)20)3-5-12(11)17;/h2-7,17-18H,1H3;. The van der Waals surface area contributed by atoms with Crippen molar-refractivity contribution in [2.75, 3.05) is 0 Å². The number of aryl methyl sites for hydroxylation is 1. The van der Waals surface area contributed by atoms with Gasteiger partial charge in [0.25, 0.3) is 5.69 Å². The summed E-state index contributed by atoms with van der Waals surface area (Å²) in [5, 5.41) is 37.4. The Labute approximate surface area is 130 Å². The monoisotopic (exact) mass is 332 g/mol. The van der Waals surface area contributed by atoms with Crippen LogP contribution >= 0.6 is 0 Å². The average molecular weight is 332 g/mol. The van der Waals surface area contributed by atoms with Crippen LogP contribution < -0.4 is 0 Å². The predicted molar refractivity (Wildman–Crippen MR) is 71.8 cm³/mol. The van der Waals surface area contributed by atoms with Crippen molar-refractivity contribution in [2.24, 2.45) is 10.2 Å². The number of nitrogens with zero attached hydrogens (tertiary/aromatic N) is 3. The van der Waals surface area contributed by atoms with Crippen molar-refractivity contribution in [1.82, 2.24) is 0 Å². The molecule has 0 saturated heterocycles. The van der Waals surface area contributed by atoms with E-state index in [1.54, 1.807) is 12.1 Å². The molecule has 2 aromatic carbocycles. The molecule has 0 spiro atoms. The molecule has 0 bridgehead atoms. The van der Waals surface area contributed by atoms with Crippen LogP contribution in [-0.4, -0.2) is 15.1 Å². The zero-order valence-corrected chi connectivity index (χ0v) is 11.9. The second-order valence-corrected chi connectivity index (χ2v) is 4.12. The van der Waals surface area contributed by atoms with Crippen LogP contribution in [0.4, 0.5) is 17.1 Å². The van der Waals surface area contributed by atoms with Gasteiger partial charge in [-0.1, -0.05) is 6.07 Å². The van der Waals surface area contributed by atoms with Crippen LogP contribution in [0.2, 0.25) is 0 Å². The summed E-state index contributed by atoms with van der Waals surface area (Å²) in [6.45, 7) is 1.81. The number of hydrogen-bond donors (Lipinski definition) is 2. The van der Waals surface area contributed by atoms with Crippen molar-refractivity contribution in [3.05, 3.63) is 52.1 Å². The molecular formula is C13H11CoN3O4. The fourth-order valence-corrected chi connectivity index (χ4v) is 1.53. The summed E-state index contributed by atoms with van der Waals surface area (Å²) < 4.78 is 0. The minimum Gasteiger partial charge on any atom is -0.506 e. The Bertz CT molecular complexity index is 704. The van der Waals surface area contributed by atoms with E-state index in [4.69, 9.17) is 0 Å². The van der Waals surface area contributed by atoms with E-state index in [1.165, 1.54) is 12.1 Å². The normalized spacial score (nSPS) is 10.3. The van der Waals surface area contributed by atoms with Crippen LogP contribution in [-0.2, 0) is 16.8 Å². The summed E-state index contributed by atoms with van der Waals surface area (Å²) in [5.41, 5.74) is 0.824. The Hall–Kier alpha value is -2.45. The Morgan fingerprint density at radius 1 is 1.00 bits per heavy atom. The number of non-ortho nitro benzene ring substituents is 1. The maximum absolute atomic E-state index is 10.6. The van der Waals surface area contributed by atoms with E-state index in [0.717, 1.165) is 17.7 Å². The maximum atomic E-state index is 10.6. The van der Waals surface area contributed by atoms with Gasteiger partial charge in [-0.05, 0) is 30.7 Å². The van der Waals surface area contributed by atoms with Gasteiger partial charge in [0, 0.05) is 28.9 Å². The third-order valence-electron chi connectivity index (χ3n) is 2.57. The molecule has 2 aromatic rings. The first-order chi connectivity index (χ1) is 9.47. The van der Waals surface area contributed by atoms with Gasteiger partial charge in [0.05, 0.1) is 4.92 Å². The summed E-state index contributed by atoms with van der Waals surface area (Å²) in [5.74, 6) is -0.287. The van der Waals surface area contributed by atoms with Gasteiger partial charge in [0.2, 0.25) is 0 Å². The first-order valence-corrected chi connectivity index (χ1v) is 5.66. The molecule has 2 N–H and O–H groups in total. The van der Waals surface area contributed by atoms with Crippen molar-refractivity contribution in [2.45, 2.75) is 6.92 Å². The third-order valence-corrected chi connectivity index (χ3v) is 2.57. The van der Waals surface area contributed by atoms with Gasteiger partial charge in [-0.25, -0.2) is 0 Å². The fraction of sp³-hybridized carbons (Fsp3) is 0.0769. The molecule has 0 fully saturated rings. The molecule has 0 amide bonds. The van der Waals surface area contributed by atoms with E-state index in [0.29, 0.717) is 0 Å². The molecule has 2 rings (SSSR count). The number of nitro groups is 1. The number of rotatable bonds is 3. The van der Waals surface area contributed by atoms with Crippen LogP contribution in [0.3, 0.4) is 0 Å². The van der Waals surface area contributed by atoms with Crippen molar-refractivity contribution >= 4 is 17.1 Å². The summed E-state index contributed by atoms with van der Waals surface area (Å²) in [6.07, 6.45) is 0. The smallest absolute Gasteiger partial charge is 0.271 e. The Balaban J connectivity index is 0.00000220. The third kappa shape index (κ3) is 4.00. The molecule has 0 aliphatic heterocycles. The van der Waals surface area contributed by atoms with Crippen molar-refractivity contribution in [3.63, 3.8) is 0 Å². The summed E-state index contributed by atoms with van der Waals surface area (Å²) in [7, 11) is 0. The second-order valence-electron chi connectivity index (χ2n) is 4.12. The maximum Gasteiger partial charge on any atom is 0.271 e. The van der Waals surface area contributed by atoms with E-state index in [2.05, 4.69) is 10.2 Å². The van der Waals surface area contributed by atoms with Gasteiger partial charge >= 0.3 is 0 Å². The number of nitro benzene ring substituents is 1. The van der Waals surface area contributed by atoms with Crippen molar-refractivity contribution < 1.29 is 31.9 Å². The molecule has 8 heteroatoms. The van der Waals surface area contributed by atoms with E-state index in [9.17, 15) is 20.3 Å². The van der Waals surface area contributed by atoms with Crippen molar-refractivity contribution in [1.29, 1.82) is 0 Å². The van der Waals surface area contributed by atoms with E-state index in [-0.39, 0.29) is 45.3 Å². The van der Waals surface area contributed by atoms with E-state index >= 15 is 0 Å². The molecule has 0 aromatic heterocycles. The number of hydrogen-bond acceptors (Lipinski definition) is 6. The molecule has 0 atom stereocenters. The van der Waals surface area contributed by atoms with Gasteiger partial charge in [-0.3, -0.25) is 10.1 Å². The molecule has 7 nitrogen and oxygen atoms in total. The zero-order valence-electron chi connectivity index (χ0n) is 10.8. The van der Waals surface area contributed by atoms with Crippen LogP contribution in [0.1, 0.15) is 5.56 Å². The number of aromatic hydroxyl groups is 2. The van der Waals surface area contributed by atoms with Gasteiger partial charge < -0.3 is 10.2 Å². The summed E-state index contributed by atoms with van der Waals surface area (Å²) >= 11 is 0. The number of phenols is 2. The minimum atomic E-state index is -0.595. The van der Waals surface area contributed by atoms with E-state index in [1.807, 2.05) is 6.92 Å². The Morgan fingerprint density at radius 2 is 1.67 bits per heavy atom. The molecule has 0 heterocycles. The predicted octanol–water partition coefficient (Wildman–Crippen LogP) is 3.73. The number of azo groups is 1. The van der Waals surface area contributed by atoms with Crippen molar-refractivity contribution in [3.8, 4) is 11.5 Å². The zero-order chi connectivity index (χ0) is 14.7. The molecule has 0 aliphatic rings. The fourth-order valence-electron chi connectivity index (χ4n) is 1.53. The molecule has 111 valence electrons. The van der Waals surface area contributed by atoms with Gasteiger partial charge in [0.1, 0.15) is 22.9 Å². The van der Waals surface area contributed by atoms with Gasteiger partial charge in [0.15, 0.2) is 0 Å². The quantitative estimate of drug-likeness (QED) is 0.507. The summed E-state index contributed by atoms with van der Waals surface area (Å²) in [6, 6.07) is 8.24. The molecule has 0 saturated carbocycles. The Morgan fingerprint density at radius 3 is 2.29 bits per heavy atom. The van der Waals surface area contributed by atoms with Crippen LogP contribution in [0, 0.1) is 17.0 Å². The number of phenolic OH excluding ortho intramolecular Hbond substituents is 2. The first-order valence-electron chi connectivity index (χ1n) is 5.66. The Kier molecular flexibility index (Phi) is 5.39. The van der Waals surface area contributed by atoms with E-state index < -0.39 is 4.92 Å². The van der Waals surface area contributed by atoms with Crippen LogP contribution in [0.5, 0.6) is 11.5 Å². The molecule has 1 radical (unpaired) electrons. The number of benzene rings is 2. The SMILES string of the molecule is Cc1ccc(N=Nc2cc([N+](=O)[O-])ccc2O)c(O)c1.[Co]. The summed E-state index contributed by atoms with van der Waals surface area (Å²) in [4.78, 5) is 10.0. The average Bonchev–Trinajstić information content (AvgIpc) is 2.39. The molecule has 21 heavy (non-hydrogen) atoms. The largest absolute Gasteiger partial charge is 0.506 e. The first kappa shape index (κ1) is 16.6. The van der Waals surface area contributed by atoms with Crippen LogP contribution in [0.25, 0.3) is 0 Å². The van der Waals surface area contributed by atoms with Gasteiger partial charge in [-0.15, -0.1) is 10.2 Å². The van der Waals surface area contributed by atoms with Gasteiger partial charge in [-0.2, -0.15) is 0 Å². The molecule has 0 unspecified atom stereocenters. The molecule has 0 aliphatic carbocycles. The minimum absolute atomic E-state index is 0. The van der Waals surface area contributed by atoms with Crippen LogP contribution in [0.15, 0.2) is 46.6 Å². The second kappa shape index (κ2) is 6.82.